The number of nitrogens with two attached hydrogens (primary N) is 1. The van der Waals surface area contributed by atoms with Crippen LogP contribution >= 0.6 is 0 Å². The lowest BCUT2D eigenvalue weighted by atomic mass is 10.0. The molecule has 0 aromatic heterocycles. The molecular weight excluding hydrogens is 306 g/mol. The predicted molar refractivity (Wildman–Crippen MR) is 92.1 cm³/mol. The fourth-order valence-electron chi connectivity index (χ4n) is 2.34. The minimum atomic E-state index is -0.863. The van der Waals surface area contributed by atoms with Gasteiger partial charge in [0.2, 0.25) is 0 Å². The molecule has 2 N–H and O–H groups in total. The summed E-state index contributed by atoms with van der Waals surface area (Å²) in [6.07, 6.45) is 3.32. The van der Waals surface area contributed by atoms with Crippen molar-refractivity contribution in [3.8, 4) is 22.6 Å². The van der Waals surface area contributed by atoms with Gasteiger partial charge in [-0.3, -0.25) is 0 Å². The molecule has 0 atom stereocenters. The second-order valence-electron chi connectivity index (χ2n) is 5.31. The van der Waals surface area contributed by atoms with E-state index < -0.39 is 6.09 Å². The zero-order valence-electron chi connectivity index (χ0n) is 13.4. The molecule has 0 radical (unpaired) electrons. The molecular formula is C19H21NO4. The summed E-state index contributed by atoms with van der Waals surface area (Å²) in [6, 6.07) is 14.9. The smallest absolute Gasteiger partial charge is 0.409 e. The summed E-state index contributed by atoms with van der Waals surface area (Å²) in [6.45, 7) is 0.541. The molecule has 0 aliphatic carbocycles. The minimum absolute atomic E-state index is 0.368. The lowest BCUT2D eigenvalue weighted by Gasteiger charge is -2.12. The molecule has 0 aliphatic heterocycles. The number of unbranched alkanes of at least 4 members (excludes halogenated alkanes) is 3. The van der Waals surface area contributed by atoms with Crippen LogP contribution in [0.4, 0.5) is 4.79 Å². The molecule has 0 saturated carbocycles. The largest absolute Gasteiger partial charge is 0.493 e. The van der Waals surface area contributed by atoms with E-state index in [9.17, 15) is 9.59 Å². The van der Waals surface area contributed by atoms with E-state index in [1.54, 1.807) is 6.07 Å². The molecule has 0 unspecified atom stereocenters. The van der Waals surface area contributed by atoms with Crippen LogP contribution in [-0.4, -0.2) is 19.0 Å². The number of carbonyl (C=O) groups excluding carboxylic acids is 2. The van der Waals surface area contributed by atoms with Gasteiger partial charge in [0, 0.05) is 18.1 Å². The van der Waals surface area contributed by atoms with Gasteiger partial charge in [-0.25, -0.2) is 4.79 Å². The Morgan fingerprint density at radius 1 is 1.04 bits per heavy atom. The van der Waals surface area contributed by atoms with Gasteiger partial charge in [-0.05, 0) is 37.0 Å². The molecule has 0 heterocycles. The van der Waals surface area contributed by atoms with Crippen LogP contribution in [0.3, 0.4) is 0 Å². The van der Waals surface area contributed by atoms with E-state index in [-0.39, 0.29) is 0 Å². The SMILES string of the molecule is NC(=O)Oc1cc(OCCCCCC=O)ccc1-c1ccccc1. The molecule has 0 aliphatic rings. The van der Waals surface area contributed by atoms with Crippen LogP contribution in [-0.2, 0) is 4.79 Å². The van der Waals surface area contributed by atoms with Crippen LogP contribution in [0.15, 0.2) is 48.5 Å². The lowest BCUT2D eigenvalue weighted by Crippen LogP contribution is -2.16. The van der Waals surface area contributed by atoms with E-state index >= 15 is 0 Å². The van der Waals surface area contributed by atoms with Gasteiger partial charge in [0.05, 0.1) is 6.61 Å². The molecule has 0 fully saturated rings. The molecule has 5 nitrogen and oxygen atoms in total. The summed E-state index contributed by atoms with van der Waals surface area (Å²) in [7, 11) is 0. The van der Waals surface area contributed by atoms with E-state index in [0.29, 0.717) is 24.5 Å². The van der Waals surface area contributed by atoms with Gasteiger partial charge < -0.3 is 20.0 Å². The van der Waals surface area contributed by atoms with Gasteiger partial charge in [-0.15, -0.1) is 0 Å². The summed E-state index contributed by atoms with van der Waals surface area (Å²) in [5.74, 6) is 0.980. The Bertz CT molecular complexity index is 670. The third kappa shape index (κ3) is 5.43. The number of amides is 1. The van der Waals surface area contributed by atoms with Crippen molar-refractivity contribution >= 4 is 12.4 Å². The molecule has 2 rings (SSSR count). The number of benzene rings is 2. The van der Waals surface area contributed by atoms with Crippen molar-refractivity contribution in [1.82, 2.24) is 0 Å². The first-order chi connectivity index (χ1) is 11.7. The molecule has 5 heteroatoms. The lowest BCUT2D eigenvalue weighted by molar-refractivity contribution is -0.107. The number of hydrogen-bond donors (Lipinski definition) is 1. The summed E-state index contributed by atoms with van der Waals surface area (Å²) in [4.78, 5) is 21.4. The van der Waals surface area contributed by atoms with E-state index in [4.69, 9.17) is 15.2 Å². The molecule has 0 saturated heterocycles. The van der Waals surface area contributed by atoms with Gasteiger partial charge in [0.1, 0.15) is 17.8 Å². The normalized spacial score (nSPS) is 10.2. The third-order valence-corrected chi connectivity index (χ3v) is 3.48. The van der Waals surface area contributed by atoms with Crippen molar-refractivity contribution < 1.29 is 19.1 Å². The van der Waals surface area contributed by atoms with Gasteiger partial charge in [0.15, 0.2) is 0 Å². The Kier molecular flexibility index (Phi) is 6.83. The topological polar surface area (TPSA) is 78.6 Å². The molecule has 0 bridgehead atoms. The number of aldehydes is 1. The third-order valence-electron chi connectivity index (χ3n) is 3.48. The molecule has 2 aromatic carbocycles. The van der Waals surface area contributed by atoms with Crippen LogP contribution in [0.1, 0.15) is 25.7 Å². The Morgan fingerprint density at radius 2 is 1.83 bits per heavy atom. The van der Waals surface area contributed by atoms with Crippen molar-refractivity contribution in [2.24, 2.45) is 5.73 Å². The molecule has 126 valence electrons. The zero-order valence-corrected chi connectivity index (χ0v) is 13.4. The number of primary amides is 1. The second kappa shape index (κ2) is 9.35. The second-order valence-corrected chi connectivity index (χ2v) is 5.31. The average Bonchev–Trinajstić information content (AvgIpc) is 2.58. The molecule has 0 spiro atoms. The highest BCUT2D eigenvalue weighted by Gasteiger charge is 2.10. The Balaban J connectivity index is 2.06. The van der Waals surface area contributed by atoms with E-state index in [1.807, 2.05) is 42.5 Å². The van der Waals surface area contributed by atoms with Crippen LogP contribution in [0.5, 0.6) is 11.5 Å². The highest BCUT2D eigenvalue weighted by atomic mass is 16.5. The standard InChI is InChI=1S/C19H21NO4/c20-19(22)24-18-14-16(23-13-7-2-1-6-12-21)10-11-17(18)15-8-4-3-5-9-15/h3-5,8-12,14H,1-2,6-7,13H2,(H2,20,22). The van der Waals surface area contributed by atoms with Crippen LogP contribution < -0.4 is 15.2 Å². The molecule has 1 amide bonds. The monoisotopic (exact) mass is 327 g/mol. The van der Waals surface area contributed by atoms with Crippen molar-refractivity contribution in [2.45, 2.75) is 25.7 Å². The Hall–Kier alpha value is -2.82. The highest BCUT2D eigenvalue weighted by molar-refractivity contribution is 5.76. The minimum Gasteiger partial charge on any atom is -0.493 e. The maximum atomic E-state index is 11.2. The fraction of sp³-hybridized carbons (Fsp3) is 0.263. The summed E-state index contributed by atoms with van der Waals surface area (Å²) in [5, 5.41) is 0. The van der Waals surface area contributed by atoms with E-state index in [2.05, 4.69) is 0 Å². The number of ether oxygens (including phenoxy) is 2. The molecule has 2 aromatic rings. The van der Waals surface area contributed by atoms with Crippen molar-refractivity contribution in [3.63, 3.8) is 0 Å². The predicted octanol–water partition coefficient (Wildman–Crippen LogP) is 3.95. The first-order valence-corrected chi connectivity index (χ1v) is 7.94. The van der Waals surface area contributed by atoms with Crippen LogP contribution in [0, 0.1) is 0 Å². The summed E-state index contributed by atoms with van der Waals surface area (Å²) < 4.78 is 10.8. The Morgan fingerprint density at radius 3 is 2.54 bits per heavy atom. The van der Waals surface area contributed by atoms with Crippen LogP contribution in [0.25, 0.3) is 11.1 Å². The van der Waals surface area contributed by atoms with Gasteiger partial charge in [-0.2, -0.15) is 0 Å². The first kappa shape index (κ1) is 17.5. The summed E-state index contributed by atoms with van der Waals surface area (Å²) >= 11 is 0. The first-order valence-electron chi connectivity index (χ1n) is 7.94. The van der Waals surface area contributed by atoms with Gasteiger partial charge >= 0.3 is 6.09 Å². The fourth-order valence-corrected chi connectivity index (χ4v) is 2.34. The van der Waals surface area contributed by atoms with E-state index in [1.165, 1.54) is 0 Å². The maximum Gasteiger partial charge on any atom is 0.409 e. The number of hydrogen-bond acceptors (Lipinski definition) is 4. The van der Waals surface area contributed by atoms with Gasteiger partial charge in [0.25, 0.3) is 0 Å². The van der Waals surface area contributed by atoms with Crippen LogP contribution in [0.2, 0.25) is 0 Å². The van der Waals surface area contributed by atoms with Crippen molar-refractivity contribution in [1.29, 1.82) is 0 Å². The summed E-state index contributed by atoms with van der Waals surface area (Å²) in [5.41, 5.74) is 6.86. The maximum absolute atomic E-state index is 11.2. The quantitative estimate of drug-likeness (QED) is 0.559. The average molecular weight is 327 g/mol. The van der Waals surface area contributed by atoms with Gasteiger partial charge in [-0.1, -0.05) is 30.3 Å². The number of carbonyl (C=O) groups is 2. The molecule has 24 heavy (non-hydrogen) atoms. The number of rotatable bonds is 9. The van der Waals surface area contributed by atoms with E-state index in [0.717, 1.165) is 36.7 Å². The Labute approximate surface area is 141 Å². The highest BCUT2D eigenvalue weighted by Crippen LogP contribution is 2.33. The van der Waals surface area contributed by atoms with Crippen molar-refractivity contribution in [3.05, 3.63) is 48.5 Å². The van der Waals surface area contributed by atoms with Crippen molar-refractivity contribution in [2.75, 3.05) is 6.61 Å². The zero-order chi connectivity index (χ0) is 17.2.